The smallest absolute Gasteiger partial charge is 0.272 e. The summed E-state index contributed by atoms with van der Waals surface area (Å²) >= 11 is 0. The molecule has 0 aliphatic rings. The fraction of sp³-hybridized carbons (Fsp3) is 0.600. The van der Waals surface area contributed by atoms with Gasteiger partial charge in [0.2, 0.25) is 0 Å². The molecule has 96 valence electrons. The Bertz CT molecular complexity index is 373. The highest BCUT2D eigenvalue weighted by Gasteiger charge is 2.25. The number of amides is 1. The van der Waals surface area contributed by atoms with Crippen molar-refractivity contribution in [3.63, 3.8) is 0 Å². The molecular weight excluding hydrogens is 224 g/mol. The molecule has 0 saturated heterocycles. The minimum absolute atomic E-state index is 0.228. The van der Waals surface area contributed by atoms with Crippen LogP contribution in [0.5, 0.6) is 0 Å². The van der Waals surface area contributed by atoms with Crippen molar-refractivity contribution in [1.29, 1.82) is 0 Å². The summed E-state index contributed by atoms with van der Waals surface area (Å²) in [7, 11) is 0. The van der Waals surface area contributed by atoms with E-state index < -0.39 is 11.4 Å². The van der Waals surface area contributed by atoms with Crippen LogP contribution in [-0.4, -0.2) is 51.0 Å². The summed E-state index contributed by atoms with van der Waals surface area (Å²) in [6, 6.07) is 0. The summed E-state index contributed by atoms with van der Waals surface area (Å²) in [6.45, 7) is 1.89. The lowest BCUT2D eigenvalue weighted by atomic mass is 10.1. The van der Waals surface area contributed by atoms with Crippen molar-refractivity contribution in [2.24, 2.45) is 5.73 Å². The number of hydrogen-bond acceptors (Lipinski definition) is 5. The van der Waals surface area contributed by atoms with Crippen LogP contribution in [0.25, 0.3) is 0 Å². The number of imidazole rings is 1. The second kappa shape index (κ2) is 5.76. The molecule has 0 fully saturated rings. The summed E-state index contributed by atoms with van der Waals surface area (Å²) in [5, 5.41) is 20.6. The Morgan fingerprint density at radius 3 is 2.76 bits per heavy atom. The minimum Gasteiger partial charge on any atom is -0.394 e. The van der Waals surface area contributed by atoms with Crippen LogP contribution in [0, 0.1) is 0 Å². The third-order valence-corrected chi connectivity index (χ3v) is 2.37. The average molecular weight is 242 g/mol. The van der Waals surface area contributed by atoms with Crippen molar-refractivity contribution in [2.45, 2.75) is 19.0 Å². The summed E-state index contributed by atoms with van der Waals surface area (Å²) in [5.41, 5.74) is 4.56. The number of carbonyl (C=O) groups excluding carboxylic acids is 1. The van der Waals surface area contributed by atoms with Gasteiger partial charge in [-0.15, -0.1) is 0 Å². The molecule has 5 N–H and O–H groups in total. The molecular formula is C10H18N4O3. The summed E-state index contributed by atoms with van der Waals surface area (Å²) in [6.07, 6.45) is 3.08. The van der Waals surface area contributed by atoms with Crippen LogP contribution in [0.4, 0.5) is 0 Å². The first-order chi connectivity index (χ1) is 8.04. The number of hydrogen-bond donors (Lipinski definition) is 4. The summed E-state index contributed by atoms with van der Waals surface area (Å²) in [5.74, 6) is -0.439. The van der Waals surface area contributed by atoms with Crippen LogP contribution < -0.4 is 11.1 Å². The van der Waals surface area contributed by atoms with E-state index in [4.69, 9.17) is 15.9 Å². The van der Waals surface area contributed by atoms with Crippen LogP contribution in [0.1, 0.15) is 17.4 Å². The molecule has 0 aromatic carbocycles. The van der Waals surface area contributed by atoms with Crippen molar-refractivity contribution in [3.05, 3.63) is 18.2 Å². The van der Waals surface area contributed by atoms with Gasteiger partial charge in [-0.1, -0.05) is 0 Å². The van der Waals surface area contributed by atoms with Crippen LogP contribution in [0.15, 0.2) is 12.5 Å². The van der Waals surface area contributed by atoms with E-state index >= 15 is 0 Å². The van der Waals surface area contributed by atoms with E-state index in [2.05, 4.69) is 10.3 Å². The number of aliphatic hydroxyl groups excluding tert-OH is 2. The van der Waals surface area contributed by atoms with Crippen molar-refractivity contribution in [3.8, 4) is 0 Å². The van der Waals surface area contributed by atoms with E-state index in [-0.39, 0.29) is 18.9 Å². The maximum Gasteiger partial charge on any atom is 0.272 e. The van der Waals surface area contributed by atoms with Crippen molar-refractivity contribution in [2.75, 3.05) is 19.8 Å². The standard InChI is InChI=1S/C10H18N4O3/c1-10(5-15,6-16)13-9(17)8-4-14(3-2-11)7-12-8/h4,7,15-16H,2-3,5-6,11H2,1H3,(H,13,17). The van der Waals surface area contributed by atoms with E-state index in [1.807, 2.05) is 0 Å². The van der Waals surface area contributed by atoms with Gasteiger partial charge in [0.15, 0.2) is 0 Å². The van der Waals surface area contributed by atoms with Crippen LogP contribution in [0.2, 0.25) is 0 Å². The Balaban J connectivity index is 2.69. The summed E-state index contributed by atoms with van der Waals surface area (Å²) < 4.78 is 1.70. The quantitative estimate of drug-likeness (QED) is 0.475. The van der Waals surface area contributed by atoms with Gasteiger partial charge in [-0.3, -0.25) is 4.79 Å². The summed E-state index contributed by atoms with van der Waals surface area (Å²) in [4.78, 5) is 15.7. The Kier molecular flexibility index (Phi) is 4.62. The third kappa shape index (κ3) is 3.52. The number of rotatable bonds is 6. The first-order valence-electron chi connectivity index (χ1n) is 5.31. The van der Waals surface area contributed by atoms with Gasteiger partial charge in [0, 0.05) is 19.3 Å². The highest BCUT2D eigenvalue weighted by atomic mass is 16.3. The van der Waals surface area contributed by atoms with Crippen molar-refractivity contribution >= 4 is 5.91 Å². The first kappa shape index (κ1) is 13.6. The SMILES string of the molecule is CC(CO)(CO)NC(=O)c1cn(CCN)cn1. The molecule has 7 nitrogen and oxygen atoms in total. The molecule has 0 atom stereocenters. The zero-order chi connectivity index (χ0) is 12.9. The van der Waals surface area contributed by atoms with Gasteiger partial charge in [-0.2, -0.15) is 0 Å². The first-order valence-corrected chi connectivity index (χ1v) is 5.31. The molecule has 1 aromatic heterocycles. The molecule has 0 saturated carbocycles. The van der Waals surface area contributed by atoms with E-state index in [1.54, 1.807) is 17.7 Å². The zero-order valence-corrected chi connectivity index (χ0v) is 9.76. The Labute approximate surface area is 99.3 Å². The van der Waals surface area contributed by atoms with Crippen LogP contribution >= 0.6 is 0 Å². The molecule has 1 heterocycles. The molecule has 0 aliphatic carbocycles. The predicted molar refractivity (Wildman–Crippen MR) is 61.3 cm³/mol. The van der Waals surface area contributed by atoms with E-state index in [0.29, 0.717) is 13.1 Å². The normalized spacial score (nSPS) is 11.5. The number of nitrogens with zero attached hydrogens (tertiary/aromatic N) is 2. The fourth-order valence-corrected chi connectivity index (χ4v) is 1.22. The third-order valence-electron chi connectivity index (χ3n) is 2.37. The van der Waals surface area contributed by atoms with Gasteiger partial charge >= 0.3 is 0 Å². The minimum atomic E-state index is -1.05. The van der Waals surface area contributed by atoms with E-state index in [1.165, 1.54) is 6.33 Å². The molecule has 1 aromatic rings. The van der Waals surface area contributed by atoms with E-state index in [9.17, 15) is 4.79 Å². The fourth-order valence-electron chi connectivity index (χ4n) is 1.22. The maximum atomic E-state index is 11.8. The van der Waals surface area contributed by atoms with Gasteiger partial charge in [0.05, 0.1) is 25.1 Å². The molecule has 7 heteroatoms. The lowest BCUT2D eigenvalue weighted by molar-refractivity contribution is 0.0720. The Morgan fingerprint density at radius 2 is 2.24 bits per heavy atom. The van der Waals surface area contributed by atoms with Crippen molar-refractivity contribution < 1.29 is 15.0 Å². The predicted octanol–water partition coefficient (Wildman–Crippen LogP) is -1.69. The largest absolute Gasteiger partial charge is 0.394 e. The number of carbonyl (C=O) groups is 1. The van der Waals surface area contributed by atoms with Gasteiger partial charge in [0.25, 0.3) is 5.91 Å². The molecule has 1 amide bonds. The number of nitrogens with one attached hydrogen (secondary N) is 1. The highest BCUT2D eigenvalue weighted by molar-refractivity contribution is 5.92. The Morgan fingerprint density at radius 1 is 1.59 bits per heavy atom. The second-order valence-electron chi connectivity index (χ2n) is 4.12. The average Bonchev–Trinajstić information content (AvgIpc) is 2.78. The maximum absolute atomic E-state index is 11.8. The highest BCUT2D eigenvalue weighted by Crippen LogP contribution is 2.04. The monoisotopic (exact) mass is 242 g/mol. The lowest BCUT2D eigenvalue weighted by Gasteiger charge is -2.25. The molecule has 0 aliphatic heterocycles. The second-order valence-corrected chi connectivity index (χ2v) is 4.12. The van der Waals surface area contributed by atoms with Gasteiger partial charge in [-0.05, 0) is 6.92 Å². The molecule has 0 unspecified atom stereocenters. The molecule has 0 radical (unpaired) electrons. The lowest BCUT2D eigenvalue weighted by Crippen LogP contribution is -2.51. The van der Waals surface area contributed by atoms with Crippen LogP contribution in [-0.2, 0) is 6.54 Å². The van der Waals surface area contributed by atoms with Gasteiger partial charge in [-0.25, -0.2) is 4.98 Å². The zero-order valence-electron chi connectivity index (χ0n) is 9.76. The van der Waals surface area contributed by atoms with Crippen molar-refractivity contribution in [1.82, 2.24) is 14.9 Å². The molecule has 0 bridgehead atoms. The Hall–Kier alpha value is -1.44. The topological polar surface area (TPSA) is 113 Å². The van der Waals surface area contributed by atoms with Gasteiger partial charge < -0.3 is 25.8 Å². The van der Waals surface area contributed by atoms with Crippen LogP contribution in [0.3, 0.4) is 0 Å². The van der Waals surface area contributed by atoms with Gasteiger partial charge in [0.1, 0.15) is 5.69 Å². The molecule has 1 rings (SSSR count). The molecule has 0 spiro atoms. The number of aromatic nitrogens is 2. The van der Waals surface area contributed by atoms with E-state index in [0.717, 1.165) is 0 Å². The molecule has 17 heavy (non-hydrogen) atoms. The number of aliphatic hydroxyl groups is 2. The number of nitrogens with two attached hydrogens (primary N) is 1.